The predicted octanol–water partition coefficient (Wildman–Crippen LogP) is 12.2. The van der Waals surface area contributed by atoms with E-state index in [-0.39, 0.29) is 0 Å². The van der Waals surface area contributed by atoms with E-state index in [2.05, 4.69) is 168 Å². The number of hydrogen-bond donors (Lipinski definition) is 0. The standard InChI is InChI=1S/C45H28N2O/c1-4-15-30(16-5-1)38-26-32(27-39(46-38)31-17-6-2-7-18-31)36-28-37-35-22-12-13-23-41(35)48-45(37)43-42-34-21-11-10-14-29(34)24-25-40(42)47(44(36)43)33-19-8-3-9-20-33/h1-28H. The molecule has 10 aromatic rings. The van der Waals surface area contributed by atoms with Gasteiger partial charge in [-0.15, -0.1) is 0 Å². The van der Waals surface area contributed by atoms with Crippen molar-refractivity contribution in [3.63, 3.8) is 0 Å². The molecule has 10 rings (SSSR count). The molecule has 0 spiro atoms. The van der Waals surface area contributed by atoms with Gasteiger partial charge in [0, 0.05) is 38.5 Å². The van der Waals surface area contributed by atoms with Crippen molar-refractivity contribution in [3.05, 3.63) is 170 Å². The van der Waals surface area contributed by atoms with E-state index in [0.29, 0.717) is 0 Å². The molecule has 0 unspecified atom stereocenters. The lowest BCUT2D eigenvalue weighted by Crippen LogP contribution is -1.96. The third-order valence-corrected chi connectivity index (χ3v) is 9.55. The Morgan fingerprint density at radius 3 is 1.77 bits per heavy atom. The second-order valence-electron chi connectivity index (χ2n) is 12.3. The third-order valence-electron chi connectivity index (χ3n) is 9.55. The lowest BCUT2D eigenvalue weighted by Gasteiger charge is -2.14. The molecule has 3 aromatic heterocycles. The number of aromatic nitrogens is 2. The molecule has 0 aliphatic rings. The first-order chi connectivity index (χ1) is 23.8. The molecule has 7 aromatic carbocycles. The highest BCUT2D eigenvalue weighted by Gasteiger charge is 2.24. The van der Waals surface area contributed by atoms with Crippen LogP contribution in [0.5, 0.6) is 0 Å². The van der Waals surface area contributed by atoms with Gasteiger partial charge in [-0.25, -0.2) is 4.98 Å². The highest BCUT2D eigenvalue weighted by atomic mass is 16.3. The molecule has 0 saturated heterocycles. The Hall–Kier alpha value is -6.45. The number of fused-ring (bicyclic) bond motifs is 9. The normalized spacial score (nSPS) is 11.8. The molecule has 0 fully saturated rings. The van der Waals surface area contributed by atoms with E-state index < -0.39 is 0 Å². The maximum absolute atomic E-state index is 6.82. The summed E-state index contributed by atoms with van der Waals surface area (Å²) < 4.78 is 9.24. The number of furan rings is 1. The lowest BCUT2D eigenvalue weighted by atomic mass is 9.95. The van der Waals surface area contributed by atoms with Crippen molar-refractivity contribution in [2.45, 2.75) is 0 Å². The van der Waals surface area contributed by atoms with Crippen LogP contribution in [0.25, 0.3) is 93.8 Å². The minimum atomic E-state index is 0.886. The van der Waals surface area contributed by atoms with E-state index in [4.69, 9.17) is 9.40 Å². The highest BCUT2D eigenvalue weighted by molar-refractivity contribution is 6.32. The summed E-state index contributed by atoms with van der Waals surface area (Å²) in [5.41, 5.74) is 11.4. The van der Waals surface area contributed by atoms with Crippen molar-refractivity contribution in [2.24, 2.45) is 0 Å². The van der Waals surface area contributed by atoms with Gasteiger partial charge < -0.3 is 8.98 Å². The Labute approximate surface area is 277 Å². The van der Waals surface area contributed by atoms with Gasteiger partial charge in [0.05, 0.1) is 27.8 Å². The van der Waals surface area contributed by atoms with Gasteiger partial charge in [-0.2, -0.15) is 0 Å². The summed E-state index contributed by atoms with van der Waals surface area (Å²) in [6.07, 6.45) is 0. The van der Waals surface area contributed by atoms with Crippen LogP contribution >= 0.6 is 0 Å². The minimum absolute atomic E-state index is 0.886. The maximum Gasteiger partial charge on any atom is 0.145 e. The van der Waals surface area contributed by atoms with Crippen LogP contribution in [0.4, 0.5) is 0 Å². The molecule has 0 saturated carbocycles. The fourth-order valence-corrected chi connectivity index (χ4v) is 7.41. The quantitative estimate of drug-likeness (QED) is 0.198. The van der Waals surface area contributed by atoms with Crippen LogP contribution in [-0.4, -0.2) is 9.55 Å². The zero-order valence-corrected chi connectivity index (χ0v) is 26.0. The lowest BCUT2D eigenvalue weighted by molar-refractivity contribution is 0.673. The number of rotatable bonds is 4. The Kier molecular flexibility index (Phi) is 5.87. The topological polar surface area (TPSA) is 31.0 Å². The van der Waals surface area contributed by atoms with Crippen molar-refractivity contribution < 1.29 is 4.42 Å². The monoisotopic (exact) mass is 612 g/mol. The van der Waals surface area contributed by atoms with Gasteiger partial charge in [0.15, 0.2) is 0 Å². The summed E-state index contributed by atoms with van der Waals surface area (Å²) in [4.78, 5) is 5.22. The van der Waals surface area contributed by atoms with Gasteiger partial charge in [-0.1, -0.05) is 127 Å². The predicted molar refractivity (Wildman–Crippen MR) is 200 cm³/mol. The molecule has 3 nitrogen and oxygen atoms in total. The smallest absolute Gasteiger partial charge is 0.145 e. The molecule has 3 heteroatoms. The summed E-state index contributed by atoms with van der Waals surface area (Å²) in [5.74, 6) is 0. The van der Waals surface area contributed by atoms with Crippen LogP contribution in [0, 0.1) is 0 Å². The van der Waals surface area contributed by atoms with E-state index in [9.17, 15) is 0 Å². The molecule has 0 aliphatic heterocycles. The van der Waals surface area contributed by atoms with Crippen LogP contribution in [-0.2, 0) is 0 Å². The molecule has 48 heavy (non-hydrogen) atoms. The maximum atomic E-state index is 6.82. The Morgan fingerprint density at radius 2 is 1.06 bits per heavy atom. The number of para-hydroxylation sites is 2. The Balaban J connectivity index is 1.44. The van der Waals surface area contributed by atoms with Gasteiger partial charge >= 0.3 is 0 Å². The van der Waals surface area contributed by atoms with Crippen LogP contribution in [0.15, 0.2) is 174 Å². The first kappa shape index (κ1) is 26.7. The van der Waals surface area contributed by atoms with Gasteiger partial charge in [0.1, 0.15) is 11.2 Å². The second-order valence-corrected chi connectivity index (χ2v) is 12.3. The minimum Gasteiger partial charge on any atom is -0.455 e. The molecule has 0 bridgehead atoms. The molecule has 0 atom stereocenters. The first-order valence-corrected chi connectivity index (χ1v) is 16.3. The molecule has 0 aliphatic carbocycles. The third kappa shape index (κ3) is 4.04. The van der Waals surface area contributed by atoms with Crippen molar-refractivity contribution in [2.75, 3.05) is 0 Å². The average molecular weight is 613 g/mol. The number of nitrogens with zero attached hydrogens (tertiary/aromatic N) is 2. The first-order valence-electron chi connectivity index (χ1n) is 16.3. The summed E-state index contributed by atoms with van der Waals surface area (Å²) in [6, 6.07) is 60.0. The van der Waals surface area contributed by atoms with Crippen molar-refractivity contribution in [1.82, 2.24) is 9.55 Å². The molecular weight excluding hydrogens is 585 g/mol. The van der Waals surface area contributed by atoms with Crippen LogP contribution in [0.3, 0.4) is 0 Å². The highest BCUT2D eigenvalue weighted by Crippen LogP contribution is 2.47. The zero-order valence-electron chi connectivity index (χ0n) is 26.0. The van der Waals surface area contributed by atoms with Gasteiger partial charge in [0.2, 0.25) is 0 Å². The van der Waals surface area contributed by atoms with Gasteiger partial charge in [-0.3, -0.25) is 0 Å². The summed E-state index contributed by atoms with van der Waals surface area (Å²) in [5, 5.41) is 6.93. The Bertz CT molecular complexity index is 2750. The molecule has 224 valence electrons. The van der Waals surface area contributed by atoms with Crippen LogP contribution in [0.1, 0.15) is 0 Å². The van der Waals surface area contributed by atoms with E-state index >= 15 is 0 Å². The second kappa shape index (κ2) is 10.5. The number of hydrogen-bond acceptors (Lipinski definition) is 2. The average Bonchev–Trinajstić information content (AvgIpc) is 3.72. The fourth-order valence-electron chi connectivity index (χ4n) is 7.41. The molecule has 0 N–H and O–H groups in total. The summed E-state index contributed by atoms with van der Waals surface area (Å²) in [6.45, 7) is 0. The van der Waals surface area contributed by atoms with Gasteiger partial charge in [0.25, 0.3) is 0 Å². The van der Waals surface area contributed by atoms with E-state index in [1.807, 2.05) is 6.07 Å². The van der Waals surface area contributed by atoms with E-state index in [0.717, 1.165) is 77.7 Å². The van der Waals surface area contributed by atoms with E-state index in [1.165, 1.54) is 16.2 Å². The zero-order chi connectivity index (χ0) is 31.6. The summed E-state index contributed by atoms with van der Waals surface area (Å²) in [7, 11) is 0. The Morgan fingerprint density at radius 1 is 0.458 bits per heavy atom. The van der Waals surface area contributed by atoms with E-state index in [1.54, 1.807) is 0 Å². The van der Waals surface area contributed by atoms with Crippen LogP contribution in [0.2, 0.25) is 0 Å². The molecular formula is C45H28N2O. The largest absolute Gasteiger partial charge is 0.455 e. The molecule has 0 amide bonds. The van der Waals surface area contributed by atoms with Gasteiger partial charge in [-0.05, 0) is 58.8 Å². The van der Waals surface area contributed by atoms with Crippen LogP contribution < -0.4 is 0 Å². The number of benzene rings is 7. The van der Waals surface area contributed by atoms with Crippen molar-refractivity contribution >= 4 is 54.5 Å². The fraction of sp³-hybridized carbons (Fsp3) is 0. The number of pyridine rings is 1. The molecule has 0 radical (unpaired) electrons. The van der Waals surface area contributed by atoms with Crippen molar-refractivity contribution in [3.8, 4) is 39.3 Å². The summed E-state index contributed by atoms with van der Waals surface area (Å²) >= 11 is 0. The molecule has 3 heterocycles. The SMILES string of the molecule is c1ccc(-c2cc(-c3cc4c5ccccc5oc4c4c5c6ccccc6ccc5n(-c5ccccc5)c34)cc(-c3ccccc3)n2)cc1. The van der Waals surface area contributed by atoms with Crippen molar-refractivity contribution in [1.29, 1.82) is 0 Å².